The summed E-state index contributed by atoms with van der Waals surface area (Å²) < 4.78 is 6.98. The van der Waals surface area contributed by atoms with E-state index in [0.29, 0.717) is 12.4 Å². The van der Waals surface area contributed by atoms with Gasteiger partial charge in [0, 0.05) is 25.7 Å². The van der Waals surface area contributed by atoms with Gasteiger partial charge in [0.1, 0.15) is 5.82 Å². The van der Waals surface area contributed by atoms with E-state index in [4.69, 9.17) is 4.52 Å². The highest BCUT2D eigenvalue weighted by molar-refractivity contribution is 5.89. The molecule has 1 aliphatic rings. The minimum absolute atomic E-state index is 0.0412. The van der Waals surface area contributed by atoms with Crippen LogP contribution in [0.1, 0.15) is 36.0 Å². The molecule has 1 unspecified atom stereocenters. The van der Waals surface area contributed by atoms with Crippen LogP contribution in [0.4, 0.5) is 10.6 Å². The van der Waals surface area contributed by atoms with E-state index < -0.39 is 0 Å². The van der Waals surface area contributed by atoms with Crippen LogP contribution < -0.4 is 5.32 Å². The van der Waals surface area contributed by atoms with Crippen molar-refractivity contribution < 1.29 is 9.32 Å². The molecule has 0 spiro atoms. The molecule has 0 bridgehead atoms. The summed E-state index contributed by atoms with van der Waals surface area (Å²) in [6, 6.07) is 3.57. The largest absolute Gasteiger partial charge is 0.359 e. The number of urea groups is 1. The van der Waals surface area contributed by atoms with Crippen LogP contribution in [0.5, 0.6) is 0 Å². The predicted octanol–water partition coefficient (Wildman–Crippen LogP) is 2.39. The molecule has 0 radical (unpaired) electrons. The Morgan fingerprint density at radius 3 is 2.81 bits per heavy atom. The van der Waals surface area contributed by atoms with E-state index in [1.807, 2.05) is 33.0 Å². The second-order valence-electron chi connectivity index (χ2n) is 5.45. The average Bonchev–Trinajstić information content (AvgIpc) is 3.10. The zero-order valence-electron chi connectivity index (χ0n) is 12.5. The lowest BCUT2D eigenvalue weighted by molar-refractivity contribution is 0.195. The fourth-order valence-corrected chi connectivity index (χ4v) is 2.75. The fraction of sp³-hybridized carbons (Fsp3) is 0.500. The molecule has 2 aromatic heterocycles. The van der Waals surface area contributed by atoms with E-state index >= 15 is 0 Å². The average molecular weight is 289 g/mol. The highest BCUT2D eigenvalue weighted by atomic mass is 16.5. The third kappa shape index (κ3) is 2.63. The molecule has 2 aromatic rings. The molecule has 1 saturated heterocycles. The minimum Gasteiger partial charge on any atom is -0.359 e. The molecule has 0 aliphatic carbocycles. The lowest BCUT2D eigenvalue weighted by atomic mass is 10.1. The number of hydrogen-bond acceptors (Lipinski definition) is 4. The van der Waals surface area contributed by atoms with E-state index in [-0.39, 0.29) is 12.1 Å². The number of rotatable bonds is 2. The van der Waals surface area contributed by atoms with Crippen molar-refractivity contribution in [2.45, 2.75) is 32.7 Å². The van der Waals surface area contributed by atoms with Crippen LogP contribution in [-0.4, -0.2) is 32.4 Å². The van der Waals surface area contributed by atoms with E-state index in [9.17, 15) is 4.79 Å². The Hall–Kier alpha value is -2.31. The smallest absolute Gasteiger partial charge is 0.323 e. The summed E-state index contributed by atoms with van der Waals surface area (Å²) in [5.41, 5.74) is 1.70. The zero-order valence-corrected chi connectivity index (χ0v) is 12.5. The van der Waals surface area contributed by atoms with Crippen molar-refractivity contribution in [3.05, 3.63) is 29.3 Å². The standard InChI is InChI=1S/C14H19N5O2/c1-9-8-13(18(3)16-9)15-14(20)19-6-4-5-11(19)12-7-10(2)17-21-12/h7-8,11H,4-6H2,1-3H3,(H,15,20). The van der Waals surface area contributed by atoms with Crippen molar-refractivity contribution in [2.24, 2.45) is 7.05 Å². The van der Waals surface area contributed by atoms with Gasteiger partial charge in [0.15, 0.2) is 5.76 Å². The molecular formula is C14H19N5O2. The quantitative estimate of drug-likeness (QED) is 0.921. The van der Waals surface area contributed by atoms with Crippen LogP contribution in [0.3, 0.4) is 0 Å². The van der Waals surface area contributed by atoms with E-state index in [0.717, 1.165) is 30.0 Å². The van der Waals surface area contributed by atoms with Gasteiger partial charge in [-0.25, -0.2) is 4.79 Å². The molecular weight excluding hydrogens is 270 g/mol. The summed E-state index contributed by atoms with van der Waals surface area (Å²) in [5.74, 6) is 1.44. The summed E-state index contributed by atoms with van der Waals surface area (Å²) in [5, 5.41) is 11.0. The third-order valence-corrected chi connectivity index (χ3v) is 3.73. The number of carbonyl (C=O) groups is 1. The monoisotopic (exact) mass is 289 g/mol. The van der Waals surface area contributed by atoms with Crippen molar-refractivity contribution >= 4 is 11.8 Å². The number of nitrogens with zero attached hydrogens (tertiary/aromatic N) is 4. The molecule has 7 nitrogen and oxygen atoms in total. The summed E-state index contributed by atoms with van der Waals surface area (Å²) in [7, 11) is 1.81. The Kier molecular flexibility index (Phi) is 3.40. The lowest BCUT2D eigenvalue weighted by Crippen LogP contribution is -2.34. The van der Waals surface area contributed by atoms with Gasteiger partial charge in [-0.3, -0.25) is 10.00 Å². The van der Waals surface area contributed by atoms with Crippen molar-refractivity contribution in [3.63, 3.8) is 0 Å². The van der Waals surface area contributed by atoms with Crippen molar-refractivity contribution in [1.82, 2.24) is 19.8 Å². The molecule has 112 valence electrons. The summed E-state index contributed by atoms with van der Waals surface area (Å²) >= 11 is 0. The van der Waals surface area contributed by atoms with Gasteiger partial charge < -0.3 is 9.42 Å². The maximum atomic E-state index is 12.5. The summed E-state index contributed by atoms with van der Waals surface area (Å²) in [4.78, 5) is 14.3. The molecule has 1 fully saturated rings. The first-order valence-corrected chi connectivity index (χ1v) is 7.06. The van der Waals surface area contributed by atoms with E-state index in [1.54, 1.807) is 9.58 Å². The molecule has 3 heterocycles. The highest BCUT2D eigenvalue weighted by Gasteiger charge is 2.33. The van der Waals surface area contributed by atoms with Gasteiger partial charge in [0.05, 0.1) is 17.4 Å². The highest BCUT2D eigenvalue weighted by Crippen LogP contribution is 2.32. The fourth-order valence-electron chi connectivity index (χ4n) is 2.75. The number of carbonyl (C=O) groups excluding carboxylic acids is 1. The number of likely N-dealkylation sites (tertiary alicyclic amines) is 1. The van der Waals surface area contributed by atoms with E-state index in [1.165, 1.54) is 0 Å². The van der Waals surface area contributed by atoms with Crippen molar-refractivity contribution in [2.75, 3.05) is 11.9 Å². The Morgan fingerprint density at radius 1 is 1.38 bits per heavy atom. The second kappa shape index (κ2) is 5.23. The van der Waals surface area contributed by atoms with Gasteiger partial charge in [0.2, 0.25) is 0 Å². The van der Waals surface area contributed by atoms with Crippen LogP contribution >= 0.6 is 0 Å². The topological polar surface area (TPSA) is 76.2 Å². The molecule has 0 aromatic carbocycles. The minimum atomic E-state index is -0.130. The Labute approximate surface area is 122 Å². The number of aryl methyl sites for hydroxylation is 3. The molecule has 1 atom stereocenters. The van der Waals surface area contributed by atoms with Crippen molar-refractivity contribution in [3.8, 4) is 0 Å². The van der Waals surface area contributed by atoms with Crippen LogP contribution in [0, 0.1) is 13.8 Å². The first-order valence-electron chi connectivity index (χ1n) is 7.06. The maximum absolute atomic E-state index is 12.5. The van der Waals surface area contributed by atoms with Crippen LogP contribution in [0.15, 0.2) is 16.7 Å². The van der Waals surface area contributed by atoms with Gasteiger partial charge in [-0.1, -0.05) is 5.16 Å². The second-order valence-corrected chi connectivity index (χ2v) is 5.45. The van der Waals surface area contributed by atoms with Gasteiger partial charge in [-0.05, 0) is 26.7 Å². The number of anilines is 1. The third-order valence-electron chi connectivity index (χ3n) is 3.73. The van der Waals surface area contributed by atoms with E-state index in [2.05, 4.69) is 15.6 Å². The van der Waals surface area contributed by atoms with Gasteiger partial charge >= 0.3 is 6.03 Å². The van der Waals surface area contributed by atoms with Gasteiger partial charge in [-0.15, -0.1) is 0 Å². The first kappa shape index (κ1) is 13.7. The number of amides is 2. The molecule has 1 aliphatic heterocycles. The SMILES string of the molecule is Cc1cc(C2CCCN2C(=O)Nc2cc(C)nn2C)on1. The van der Waals surface area contributed by atoms with Gasteiger partial charge in [0.25, 0.3) is 0 Å². The predicted molar refractivity (Wildman–Crippen MR) is 76.9 cm³/mol. The number of hydrogen-bond donors (Lipinski definition) is 1. The number of nitrogens with one attached hydrogen (secondary N) is 1. The molecule has 0 saturated carbocycles. The normalized spacial score (nSPS) is 18.2. The van der Waals surface area contributed by atoms with Crippen LogP contribution in [0.2, 0.25) is 0 Å². The van der Waals surface area contributed by atoms with Crippen molar-refractivity contribution in [1.29, 1.82) is 0 Å². The Balaban J connectivity index is 1.75. The number of aromatic nitrogens is 3. The molecule has 2 amide bonds. The molecule has 1 N–H and O–H groups in total. The summed E-state index contributed by atoms with van der Waals surface area (Å²) in [6.07, 6.45) is 1.86. The molecule has 7 heteroatoms. The first-order chi connectivity index (χ1) is 10.0. The van der Waals surface area contributed by atoms with Crippen LogP contribution in [0.25, 0.3) is 0 Å². The molecule has 3 rings (SSSR count). The zero-order chi connectivity index (χ0) is 15.0. The molecule has 21 heavy (non-hydrogen) atoms. The lowest BCUT2D eigenvalue weighted by Gasteiger charge is -2.22. The summed E-state index contributed by atoms with van der Waals surface area (Å²) in [6.45, 7) is 4.49. The van der Waals surface area contributed by atoms with Crippen LogP contribution in [-0.2, 0) is 7.05 Å². The van der Waals surface area contributed by atoms with Gasteiger partial charge in [-0.2, -0.15) is 5.10 Å². The maximum Gasteiger partial charge on any atom is 0.323 e. The Bertz CT molecular complexity index is 660. The Morgan fingerprint density at radius 2 is 2.19 bits per heavy atom.